The molecule has 2 atom stereocenters. The number of carboxylic acids is 1. The van der Waals surface area contributed by atoms with Crippen molar-refractivity contribution in [3.8, 4) is 6.01 Å². The van der Waals surface area contributed by atoms with Gasteiger partial charge in [0.25, 0.3) is 11.6 Å². The molecule has 232 valence electrons. The van der Waals surface area contributed by atoms with Crippen molar-refractivity contribution in [2.45, 2.75) is 51.7 Å². The molecule has 0 bridgehead atoms. The molecule has 0 fully saturated rings. The van der Waals surface area contributed by atoms with Crippen LogP contribution in [-0.2, 0) is 31.4 Å². The van der Waals surface area contributed by atoms with Crippen molar-refractivity contribution in [2.24, 2.45) is 12.8 Å². The highest BCUT2D eigenvalue weighted by atomic mass is 19.4. The summed E-state index contributed by atoms with van der Waals surface area (Å²) in [6.07, 6.45) is -2.92. The quantitative estimate of drug-likeness (QED) is 0.238. The molecule has 11 nitrogen and oxygen atoms in total. The van der Waals surface area contributed by atoms with Gasteiger partial charge >= 0.3 is 17.8 Å². The minimum atomic E-state index is -5.08. The highest BCUT2D eigenvalue weighted by Gasteiger charge is 2.38. The third kappa shape index (κ3) is 6.64. The van der Waals surface area contributed by atoms with E-state index in [1.54, 1.807) is 34.9 Å². The summed E-state index contributed by atoms with van der Waals surface area (Å²) in [6.45, 7) is 3.83. The lowest BCUT2D eigenvalue weighted by Gasteiger charge is -2.19. The highest BCUT2D eigenvalue weighted by molar-refractivity contribution is 5.95. The van der Waals surface area contributed by atoms with Gasteiger partial charge < -0.3 is 15.6 Å². The van der Waals surface area contributed by atoms with E-state index in [9.17, 15) is 27.6 Å². The first-order valence-corrected chi connectivity index (χ1v) is 13.4. The number of Topliss-reactive ketones (excluding diaryl/α,β-unsaturated/α-hetero) is 1. The topological polar surface area (TPSA) is 151 Å². The van der Waals surface area contributed by atoms with Crippen molar-refractivity contribution in [2.75, 3.05) is 0 Å². The number of aliphatic carboxylic acids is 1. The van der Waals surface area contributed by atoms with E-state index < -0.39 is 29.5 Å². The fourth-order valence-electron chi connectivity index (χ4n) is 4.74. The summed E-state index contributed by atoms with van der Waals surface area (Å²) in [5, 5.41) is 7.12. The van der Waals surface area contributed by atoms with Crippen molar-refractivity contribution in [1.82, 2.24) is 18.7 Å². The number of alkyl halides is 3. The Kier molecular flexibility index (Phi) is 9.23. The van der Waals surface area contributed by atoms with E-state index in [2.05, 4.69) is 4.98 Å². The summed E-state index contributed by atoms with van der Waals surface area (Å²) in [6, 6.07) is 16.4. The second-order valence-electron chi connectivity index (χ2n) is 10.4. The van der Waals surface area contributed by atoms with E-state index in [0.717, 1.165) is 21.3 Å². The van der Waals surface area contributed by atoms with Gasteiger partial charge in [0, 0.05) is 19.2 Å². The molecule has 2 aromatic heterocycles. The molecule has 4 aromatic rings. The molecule has 0 radical (unpaired) electrons. The summed E-state index contributed by atoms with van der Waals surface area (Å²) in [7, 11) is 1.53. The first-order valence-electron chi connectivity index (χ1n) is 13.4. The van der Waals surface area contributed by atoms with Gasteiger partial charge in [-0.1, -0.05) is 66.2 Å². The van der Waals surface area contributed by atoms with Crippen LogP contribution in [0.5, 0.6) is 6.01 Å². The zero-order valence-electron chi connectivity index (χ0n) is 24.0. The van der Waals surface area contributed by atoms with E-state index in [-0.39, 0.29) is 35.5 Å². The van der Waals surface area contributed by atoms with Gasteiger partial charge in [0.2, 0.25) is 0 Å². The number of imidazole rings is 1. The summed E-state index contributed by atoms with van der Waals surface area (Å²) >= 11 is 0. The zero-order chi connectivity index (χ0) is 32.3. The van der Waals surface area contributed by atoms with Crippen LogP contribution in [0.15, 0.2) is 75.8 Å². The van der Waals surface area contributed by atoms with Crippen molar-refractivity contribution in [3.05, 3.63) is 104 Å². The number of hydrogen-bond donors (Lipinski definition) is 2. The van der Waals surface area contributed by atoms with E-state index >= 15 is 0 Å². The number of nitrogens with two attached hydrogens (primary N) is 1. The number of carboxylic acid groups (broad SMARTS) is 1. The Hall–Kier alpha value is -4.98. The van der Waals surface area contributed by atoms with Crippen LogP contribution in [0, 0.1) is 0 Å². The number of aryl methyl sites for hydroxylation is 1. The molecule has 5 rings (SSSR count). The second-order valence-corrected chi connectivity index (χ2v) is 10.4. The molecule has 0 unspecified atom stereocenters. The normalized spacial score (nSPS) is 15.7. The van der Waals surface area contributed by atoms with E-state index in [1.807, 2.05) is 44.2 Å². The van der Waals surface area contributed by atoms with Crippen LogP contribution >= 0.6 is 0 Å². The number of ketones is 1. The molecule has 0 saturated carbocycles. The highest BCUT2D eigenvalue weighted by Crippen LogP contribution is 2.34. The molecule has 1 aliphatic rings. The van der Waals surface area contributed by atoms with E-state index in [1.165, 1.54) is 11.6 Å². The monoisotopic (exact) mass is 613 g/mol. The molecule has 14 heteroatoms. The van der Waals surface area contributed by atoms with Gasteiger partial charge in [0.15, 0.2) is 16.9 Å². The number of carbonyl (C=O) groups is 2. The van der Waals surface area contributed by atoms with Crippen LogP contribution < -0.4 is 21.7 Å². The Morgan fingerprint density at radius 2 is 1.68 bits per heavy atom. The van der Waals surface area contributed by atoms with Gasteiger partial charge in [-0.3, -0.25) is 23.3 Å². The van der Waals surface area contributed by atoms with Gasteiger partial charge in [0.1, 0.15) is 6.10 Å². The third-order valence-electron chi connectivity index (χ3n) is 6.96. The molecule has 0 saturated heterocycles. The van der Waals surface area contributed by atoms with Crippen LogP contribution in [0.3, 0.4) is 0 Å². The number of benzene rings is 2. The molecule has 0 spiro atoms. The minimum Gasteiger partial charge on any atom is -0.475 e. The standard InChI is InChI=1S/C28H29N5O4.C2HF3O2/c1-17(2)13-14-32-23-25(30-27(32)37-24-20-12-8-7-11-19(20)15-21(24)29)31(3)28(36)33(26(23)35)16-22(34)18-9-5-4-6-10-18;3-2(4,5)1(6)7/h4-13,21,24H,14-16,29H2,1-3H3;(H,6,7)/t21-,24+;/m0./s1. The van der Waals surface area contributed by atoms with Gasteiger partial charge in [-0.05, 0) is 31.4 Å². The Labute approximate surface area is 248 Å². The molecule has 1 aliphatic carbocycles. The molecular weight excluding hydrogens is 583 g/mol. The lowest BCUT2D eigenvalue weighted by Crippen LogP contribution is -2.41. The summed E-state index contributed by atoms with van der Waals surface area (Å²) in [4.78, 5) is 53.2. The maximum Gasteiger partial charge on any atom is 0.490 e. The number of ether oxygens (including phenoxy) is 1. The van der Waals surface area contributed by atoms with Crippen LogP contribution in [-0.4, -0.2) is 47.8 Å². The first-order chi connectivity index (χ1) is 20.7. The van der Waals surface area contributed by atoms with Crippen LogP contribution in [0.25, 0.3) is 11.2 Å². The summed E-state index contributed by atoms with van der Waals surface area (Å²) < 4.78 is 42.0. The first kappa shape index (κ1) is 31.9. The maximum absolute atomic E-state index is 13.7. The fourth-order valence-corrected chi connectivity index (χ4v) is 4.74. The van der Waals surface area contributed by atoms with Crippen molar-refractivity contribution >= 4 is 22.9 Å². The number of allylic oxidation sites excluding steroid dienone is 2. The van der Waals surface area contributed by atoms with Gasteiger partial charge in [-0.15, -0.1) is 0 Å². The molecular formula is C30H30F3N5O6. The van der Waals surface area contributed by atoms with E-state index in [0.29, 0.717) is 18.5 Å². The van der Waals surface area contributed by atoms with Crippen LogP contribution in [0.1, 0.15) is 41.4 Å². The number of rotatable bonds is 7. The molecule has 0 amide bonds. The summed E-state index contributed by atoms with van der Waals surface area (Å²) in [5.41, 5.74) is 9.15. The largest absolute Gasteiger partial charge is 0.490 e. The average Bonchev–Trinajstić information content (AvgIpc) is 3.50. The number of hydrogen-bond acceptors (Lipinski definition) is 7. The minimum absolute atomic E-state index is 0.190. The molecule has 0 aliphatic heterocycles. The van der Waals surface area contributed by atoms with Crippen molar-refractivity contribution < 1.29 is 32.6 Å². The Balaban J connectivity index is 0.000000566. The molecule has 44 heavy (non-hydrogen) atoms. The van der Waals surface area contributed by atoms with Crippen LogP contribution in [0.2, 0.25) is 0 Å². The zero-order valence-corrected chi connectivity index (χ0v) is 24.0. The fraction of sp³-hybridized carbons (Fsp3) is 0.300. The number of halogens is 3. The predicted octanol–water partition coefficient (Wildman–Crippen LogP) is 3.38. The molecule has 3 N–H and O–H groups in total. The van der Waals surface area contributed by atoms with Gasteiger partial charge in [-0.2, -0.15) is 18.2 Å². The predicted molar refractivity (Wildman–Crippen MR) is 155 cm³/mol. The number of fused-ring (bicyclic) bond motifs is 2. The van der Waals surface area contributed by atoms with Gasteiger partial charge in [0.05, 0.1) is 12.6 Å². The number of carbonyl (C=O) groups excluding carboxylic acids is 1. The molecule has 2 aromatic carbocycles. The van der Waals surface area contributed by atoms with Crippen LogP contribution in [0.4, 0.5) is 13.2 Å². The number of aromatic nitrogens is 4. The Morgan fingerprint density at radius 1 is 1.07 bits per heavy atom. The SMILES string of the molecule is CC(C)=CCn1c(O[C@@H]2c3ccccc3C[C@@H]2N)nc2c1c(=O)n(CC(=O)c1ccccc1)c(=O)n2C.O=C(O)C(F)(F)F. The average molecular weight is 614 g/mol. The van der Waals surface area contributed by atoms with E-state index in [4.69, 9.17) is 20.4 Å². The Morgan fingerprint density at radius 3 is 2.30 bits per heavy atom. The maximum atomic E-state index is 13.7. The third-order valence-corrected chi connectivity index (χ3v) is 6.96. The lowest BCUT2D eigenvalue weighted by atomic mass is 10.1. The van der Waals surface area contributed by atoms with Crippen molar-refractivity contribution in [3.63, 3.8) is 0 Å². The molecule has 2 heterocycles. The lowest BCUT2D eigenvalue weighted by molar-refractivity contribution is -0.192. The van der Waals surface area contributed by atoms with Crippen molar-refractivity contribution in [1.29, 1.82) is 0 Å². The Bertz CT molecular complexity index is 1850. The van der Waals surface area contributed by atoms with Gasteiger partial charge in [-0.25, -0.2) is 9.59 Å². The smallest absolute Gasteiger partial charge is 0.475 e. The second kappa shape index (κ2) is 12.7. The number of nitrogens with zero attached hydrogens (tertiary/aromatic N) is 4. The summed E-state index contributed by atoms with van der Waals surface area (Å²) in [5.74, 6) is -3.09.